The lowest BCUT2D eigenvalue weighted by atomic mass is 10.1. The maximum atomic E-state index is 13.9. The van der Waals surface area contributed by atoms with Gasteiger partial charge in [-0.3, -0.25) is 0 Å². The van der Waals surface area contributed by atoms with Crippen molar-refractivity contribution in [3.8, 4) is 10.7 Å². The molecule has 0 unspecified atom stereocenters. The Morgan fingerprint density at radius 1 is 1.00 bits per heavy atom. The van der Waals surface area contributed by atoms with Crippen molar-refractivity contribution in [3.63, 3.8) is 0 Å². The first-order valence-electron chi connectivity index (χ1n) is 8.19. The first-order chi connectivity index (χ1) is 12.7. The largest absolute Gasteiger partial charge is 0.386 e. The predicted octanol–water partition coefficient (Wildman–Crippen LogP) is 4.64. The molecule has 2 N–H and O–H groups in total. The summed E-state index contributed by atoms with van der Waals surface area (Å²) in [4.78, 5) is 10.2. The molecular weight excluding hydrogens is 349 g/mol. The van der Waals surface area contributed by atoms with Gasteiger partial charge in [0.1, 0.15) is 11.6 Å². The van der Waals surface area contributed by atoms with E-state index in [1.807, 2.05) is 41.8 Å². The number of anilines is 1. The molecule has 26 heavy (non-hydrogen) atoms. The molecule has 130 valence electrons. The minimum Gasteiger partial charge on any atom is -0.386 e. The Balaban J connectivity index is 1.66. The smallest absolute Gasteiger partial charge is 0.172 e. The molecule has 4 aromatic rings. The number of nitrogens with one attached hydrogen (secondary N) is 1. The summed E-state index contributed by atoms with van der Waals surface area (Å²) in [7, 11) is 0. The number of rotatable bonds is 5. The molecule has 0 saturated carbocycles. The molecule has 6 heteroatoms. The second-order valence-corrected chi connectivity index (χ2v) is 6.76. The summed E-state index contributed by atoms with van der Waals surface area (Å²) in [6.45, 7) is 0.145. The Hall–Kier alpha value is -2.83. The van der Waals surface area contributed by atoms with Gasteiger partial charge in [-0.15, -0.1) is 11.3 Å². The van der Waals surface area contributed by atoms with Crippen LogP contribution < -0.4 is 5.32 Å². The van der Waals surface area contributed by atoms with E-state index in [4.69, 9.17) is 0 Å². The number of thiophene rings is 1. The Morgan fingerprint density at radius 3 is 2.62 bits per heavy atom. The highest BCUT2D eigenvalue weighted by atomic mass is 32.1. The average molecular weight is 365 g/mol. The highest BCUT2D eigenvalue weighted by Gasteiger charge is 2.14. The van der Waals surface area contributed by atoms with Crippen molar-refractivity contribution in [3.05, 3.63) is 77.4 Å². The quantitative estimate of drug-likeness (QED) is 0.541. The number of hydrogen-bond donors (Lipinski definition) is 2. The van der Waals surface area contributed by atoms with E-state index in [0.29, 0.717) is 11.6 Å². The maximum Gasteiger partial charge on any atom is 0.172 e. The number of para-hydroxylation sites is 1. The first kappa shape index (κ1) is 16.6. The van der Waals surface area contributed by atoms with Crippen LogP contribution in [-0.4, -0.2) is 21.6 Å². The minimum atomic E-state index is -0.977. The fraction of sp³-hybridized carbons (Fsp3) is 0.100. The summed E-state index contributed by atoms with van der Waals surface area (Å²) in [5, 5.41) is 16.3. The van der Waals surface area contributed by atoms with Gasteiger partial charge in [0.05, 0.1) is 16.5 Å². The minimum absolute atomic E-state index is 0.145. The van der Waals surface area contributed by atoms with Gasteiger partial charge in [-0.2, -0.15) is 0 Å². The van der Waals surface area contributed by atoms with Crippen LogP contribution in [0.1, 0.15) is 11.7 Å². The third kappa shape index (κ3) is 3.29. The van der Waals surface area contributed by atoms with E-state index in [2.05, 4.69) is 15.3 Å². The molecule has 4 nitrogen and oxygen atoms in total. The number of benzene rings is 2. The number of halogens is 1. The van der Waals surface area contributed by atoms with E-state index < -0.39 is 11.9 Å². The fourth-order valence-electron chi connectivity index (χ4n) is 2.78. The number of aliphatic hydroxyl groups is 1. The third-order valence-corrected chi connectivity index (χ3v) is 4.94. The van der Waals surface area contributed by atoms with Crippen LogP contribution in [-0.2, 0) is 0 Å². The molecule has 0 amide bonds. The lowest BCUT2D eigenvalue weighted by Crippen LogP contribution is -2.14. The highest BCUT2D eigenvalue weighted by molar-refractivity contribution is 7.13. The maximum absolute atomic E-state index is 13.9. The van der Waals surface area contributed by atoms with E-state index in [1.54, 1.807) is 29.5 Å². The summed E-state index contributed by atoms with van der Waals surface area (Å²) in [5.41, 5.74) is 1.07. The van der Waals surface area contributed by atoms with Crippen molar-refractivity contribution >= 4 is 28.1 Å². The number of aromatic nitrogens is 2. The van der Waals surface area contributed by atoms with Crippen molar-refractivity contribution in [2.75, 3.05) is 11.9 Å². The van der Waals surface area contributed by atoms with Gasteiger partial charge in [0.2, 0.25) is 0 Å². The average Bonchev–Trinajstić information content (AvgIpc) is 3.21. The molecule has 4 rings (SSSR count). The van der Waals surface area contributed by atoms with Crippen LogP contribution in [0.2, 0.25) is 0 Å². The molecule has 0 spiro atoms. The van der Waals surface area contributed by atoms with Crippen molar-refractivity contribution < 1.29 is 9.50 Å². The fourth-order valence-corrected chi connectivity index (χ4v) is 3.43. The van der Waals surface area contributed by atoms with E-state index in [9.17, 15) is 9.50 Å². The Labute approximate surface area is 154 Å². The normalized spacial score (nSPS) is 12.2. The van der Waals surface area contributed by atoms with Gasteiger partial charge in [-0.1, -0.05) is 36.4 Å². The topological polar surface area (TPSA) is 58.0 Å². The van der Waals surface area contributed by atoms with Crippen molar-refractivity contribution in [1.82, 2.24) is 9.97 Å². The molecule has 2 aromatic heterocycles. The number of fused-ring (bicyclic) bond motifs is 1. The second-order valence-electron chi connectivity index (χ2n) is 5.81. The number of aliphatic hydroxyl groups excluding tert-OH is 1. The Kier molecular flexibility index (Phi) is 4.60. The Bertz CT molecular complexity index is 1040. The molecule has 0 aliphatic carbocycles. The molecule has 0 aliphatic heterocycles. The van der Waals surface area contributed by atoms with Crippen molar-refractivity contribution in [1.29, 1.82) is 0 Å². The van der Waals surface area contributed by atoms with E-state index in [-0.39, 0.29) is 12.1 Å². The van der Waals surface area contributed by atoms with Crippen LogP contribution in [0.5, 0.6) is 0 Å². The van der Waals surface area contributed by atoms with E-state index in [1.165, 1.54) is 6.07 Å². The monoisotopic (exact) mass is 365 g/mol. The predicted molar refractivity (Wildman–Crippen MR) is 103 cm³/mol. The number of hydrogen-bond acceptors (Lipinski definition) is 5. The zero-order valence-electron chi connectivity index (χ0n) is 13.8. The summed E-state index contributed by atoms with van der Waals surface area (Å²) < 4.78 is 13.9. The van der Waals surface area contributed by atoms with Crippen LogP contribution in [0.4, 0.5) is 10.2 Å². The molecule has 0 radical (unpaired) electrons. The summed E-state index contributed by atoms with van der Waals surface area (Å²) in [5.74, 6) is 0.824. The van der Waals surface area contributed by atoms with Crippen molar-refractivity contribution in [2.24, 2.45) is 0 Å². The lowest BCUT2D eigenvalue weighted by Gasteiger charge is -2.15. The zero-order chi connectivity index (χ0) is 17.9. The molecule has 2 heterocycles. The van der Waals surface area contributed by atoms with Gasteiger partial charge >= 0.3 is 0 Å². The van der Waals surface area contributed by atoms with Gasteiger partial charge in [-0.05, 0) is 29.6 Å². The SMILES string of the molecule is O[C@H](CNc1nc(-c2cccs2)nc2ccccc12)c1ccccc1F. The van der Waals surface area contributed by atoms with Crippen molar-refractivity contribution in [2.45, 2.75) is 6.10 Å². The van der Waals surface area contributed by atoms with Gasteiger partial charge in [0, 0.05) is 17.5 Å². The van der Waals surface area contributed by atoms with Gasteiger partial charge in [-0.25, -0.2) is 14.4 Å². The summed E-state index contributed by atoms with van der Waals surface area (Å²) >= 11 is 1.56. The van der Waals surface area contributed by atoms with Crippen LogP contribution in [0.15, 0.2) is 66.0 Å². The van der Waals surface area contributed by atoms with E-state index in [0.717, 1.165) is 15.8 Å². The molecule has 0 saturated heterocycles. The molecule has 0 fully saturated rings. The van der Waals surface area contributed by atoms with Gasteiger partial charge in [0.25, 0.3) is 0 Å². The molecule has 0 bridgehead atoms. The lowest BCUT2D eigenvalue weighted by molar-refractivity contribution is 0.186. The summed E-state index contributed by atoms with van der Waals surface area (Å²) in [6, 6.07) is 17.8. The molecular formula is C20H16FN3OS. The van der Waals surface area contributed by atoms with Gasteiger partial charge < -0.3 is 10.4 Å². The van der Waals surface area contributed by atoms with Crippen LogP contribution in [0, 0.1) is 5.82 Å². The van der Waals surface area contributed by atoms with Crippen LogP contribution in [0.3, 0.4) is 0 Å². The first-order valence-corrected chi connectivity index (χ1v) is 9.07. The van der Waals surface area contributed by atoms with E-state index >= 15 is 0 Å². The van der Waals surface area contributed by atoms with Gasteiger partial charge in [0.15, 0.2) is 5.82 Å². The highest BCUT2D eigenvalue weighted by Crippen LogP contribution is 2.28. The second kappa shape index (κ2) is 7.19. The number of nitrogens with zero attached hydrogens (tertiary/aromatic N) is 2. The third-order valence-electron chi connectivity index (χ3n) is 4.07. The zero-order valence-corrected chi connectivity index (χ0v) is 14.6. The standard InChI is InChI=1S/C20H16FN3OS/c21-15-8-3-1-6-13(15)17(25)12-22-19-14-7-2-4-9-16(14)23-20(24-19)18-10-5-11-26-18/h1-11,17,25H,12H2,(H,22,23,24)/t17-/m1/s1. The molecule has 1 atom stereocenters. The molecule has 0 aliphatic rings. The summed E-state index contributed by atoms with van der Waals surface area (Å²) in [6.07, 6.45) is -0.977. The molecule has 2 aromatic carbocycles. The Morgan fingerprint density at radius 2 is 1.81 bits per heavy atom. The van der Waals surface area contributed by atoms with Crippen LogP contribution in [0.25, 0.3) is 21.6 Å². The van der Waals surface area contributed by atoms with Crippen LogP contribution >= 0.6 is 11.3 Å².